The topological polar surface area (TPSA) is 59.6 Å². The summed E-state index contributed by atoms with van der Waals surface area (Å²) < 4.78 is 11.6. The summed E-state index contributed by atoms with van der Waals surface area (Å²) >= 11 is 8.61. The molecule has 0 aliphatic carbocycles. The first-order valence-corrected chi connectivity index (χ1v) is 9.28. The van der Waals surface area contributed by atoms with Gasteiger partial charge in [-0.05, 0) is 60.6 Å². The zero-order valence-corrected chi connectivity index (χ0v) is 17.2. The quantitative estimate of drug-likeness (QED) is 0.646. The van der Waals surface area contributed by atoms with Crippen LogP contribution in [-0.2, 0) is 0 Å². The summed E-state index contributed by atoms with van der Waals surface area (Å²) in [5.74, 6) is 1.28. The summed E-state index contributed by atoms with van der Waals surface area (Å²) in [4.78, 5) is 12.6. The molecule has 0 saturated heterocycles. The third kappa shape index (κ3) is 6.00. The van der Waals surface area contributed by atoms with Crippen molar-refractivity contribution in [2.45, 2.75) is 13.8 Å². The fraction of sp³-hybridized carbons (Fsp3) is 0.263. The molecule has 1 amide bonds. The molecule has 26 heavy (non-hydrogen) atoms. The number of nitrogens with one attached hydrogen (secondary N) is 2. The van der Waals surface area contributed by atoms with Gasteiger partial charge in [0.2, 0.25) is 0 Å². The standard InChI is InChI=1S/C19H21BrN2O3S/c1-12(2)11-25-17-9-4-13(20)10-16(17)18(23)22-19(26)21-14-5-7-15(24-3)8-6-14/h4-10,12H,11H2,1-3H3,(H2,21,22,23,26). The van der Waals surface area contributed by atoms with Gasteiger partial charge in [-0.15, -0.1) is 0 Å². The summed E-state index contributed by atoms with van der Waals surface area (Å²) in [6.07, 6.45) is 0. The molecule has 0 aromatic heterocycles. The van der Waals surface area contributed by atoms with Crippen LogP contribution in [0, 0.1) is 5.92 Å². The normalized spacial score (nSPS) is 10.3. The Kier molecular flexibility index (Phi) is 7.41. The number of hydrogen-bond donors (Lipinski definition) is 2. The molecule has 0 bridgehead atoms. The average Bonchev–Trinajstić information content (AvgIpc) is 2.61. The maximum absolute atomic E-state index is 12.6. The van der Waals surface area contributed by atoms with E-state index in [1.165, 1.54) is 0 Å². The third-order valence-corrected chi connectivity index (χ3v) is 4.03. The van der Waals surface area contributed by atoms with Crippen LogP contribution in [0.4, 0.5) is 5.69 Å². The lowest BCUT2D eigenvalue weighted by Gasteiger charge is -2.14. The molecule has 7 heteroatoms. The van der Waals surface area contributed by atoms with Crippen molar-refractivity contribution in [1.82, 2.24) is 5.32 Å². The average molecular weight is 437 g/mol. The molecule has 0 unspecified atom stereocenters. The maximum Gasteiger partial charge on any atom is 0.261 e. The van der Waals surface area contributed by atoms with Gasteiger partial charge in [0.1, 0.15) is 11.5 Å². The van der Waals surface area contributed by atoms with E-state index in [9.17, 15) is 4.79 Å². The summed E-state index contributed by atoms with van der Waals surface area (Å²) in [5.41, 5.74) is 1.17. The molecule has 2 aromatic rings. The smallest absolute Gasteiger partial charge is 0.261 e. The van der Waals surface area contributed by atoms with E-state index in [0.29, 0.717) is 23.8 Å². The predicted octanol–water partition coefficient (Wildman–Crippen LogP) is 4.62. The molecule has 0 heterocycles. The molecule has 2 N–H and O–H groups in total. The molecule has 2 rings (SSSR count). The Morgan fingerprint density at radius 1 is 1.19 bits per heavy atom. The van der Waals surface area contributed by atoms with Crippen molar-refractivity contribution in [3.8, 4) is 11.5 Å². The number of amides is 1. The number of hydrogen-bond acceptors (Lipinski definition) is 4. The van der Waals surface area contributed by atoms with Crippen molar-refractivity contribution in [3.05, 3.63) is 52.5 Å². The van der Waals surface area contributed by atoms with E-state index >= 15 is 0 Å². The van der Waals surface area contributed by atoms with E-state index < -0.39 is 0 Å². The number of carbonyl (C=O) groups excluding carboxylic acids is 1. The molecule has 0 atom stereocenters. The molecular weight excluding hydrogens is 416 g/mol. The number of benzene rings is 2. The number of anilines is 1. The van der Waals surface area contributed by atoms with Crippen molar-refractivity contribution < 1.29 is 14.3 Å². The highest BCUT2D eigenvalue weighted by Crippen LogP contribution is 2.24. The van der Waals surface area contributed by atoms with Crippen LogP contribution in [0.2, 0.25) is 0 Å². The van der Waals surface area contributed by atoms with E-state index in [-0.39, 0.29) is 11.0 Å². The number of thiocarbonyl (C=S) groups is 1. The minimum absolute atomic E-state index is 0.204. The zero-order chi connectivity index (χ0) is 19.1. The molecule has 0 fully saturated rings. The van der Waals surface area contributed by atoms with Gasteiger partial charge in [0.05, 0.1) is 19.3 Å². The molecule has 0 saturated carbocycles. The van der Waals surface area contributed by atoms with E-state index in [1.54, 1.807) is 31.4 Å². The van der Waals surface area contributed by atoms with Gasteiger partial charge in [-0.3, -0.25) is 10.1 Å². The zero-order valence-electron chi connectivity index (χ0n) is 14.8. The Balaban J connectivity index is 2.05. The molecular formula is C19H21BrN2O3S. The van der Waals surface area contributed by atoms with Gasteiger partial charge < -0.3 is 14.8 Å². The summed E-state index contributed by atoms with van der Waals surface area (Å²) in [7, 11) is 1.60. The largest absolute Gasteiger partial charge is 0.497 e. The fourth-order valence-corrected chi connectivity index (χ4v) is 2.64. The Labute approximate surface area is 167 Å². The maximum atomic E-state index is 12.6. The van der Waals surface area contributed by atoms with Crippen LogP contribution in [0.25, 0.3) is 0 Å². The lowest BCUT2D eigenvalue weighted by Crippen LogP contribution is -2.34. The monoisotopic (exact) mass is 436 g/mol. The molecule has 5 nitrogen and oxygen atoms in total. The second kappa shape index (κ2) is 9.54. The van der Waals surface area contributed by atoms with Gasteiger partial charge in [0.25, 0.3) is 5.91 Å². The van der Waals surface area contributed by atoms with Gasteiger partial charge in [-0.25, -0.2) is 0 Å². The third-order valence-electron chi connectivity index (χ3n) is 3.33. The van der Waals surface area contributed by atoms with Crippen LogP contribution in [0.5, 0.6) is 11.5 Å². The highest BCUT2D eigenvalue weighted by Gasteiger charge is 2.15. The van der Waals surface area contributed by atoms with Crippen LogP contribution < -0.4 is 20.1 Å². The predicted molar refractivity (Wildman–Crippen MR) is 111 cm³/mol. The SMILES string of the molecule is COc1ccc(NC(=S)NC(=O)c2cc(Br)ccc2OCC(C)C)cc1. The second-order valence-electron chi connectivity index (χ2n) is 5.98. The van der Waals surface area contributed by atoms with Crippen LogP contribution in [0.3, 0.4) is 0 Å². The fourth-order valence-electron chi connectivity index (χ4n) is 2.07. The number of carbonyl (C=O) groups is 1. The second-order valence-corrected chi connectivity index (χ2v) is 7.31. The molecule has 0 radical (unpaired) electrons. The van der Waals surface area contributed by atoms with E-state index in [1.807, 2.05) is 32.0 Å². The molecule has 2 aromatic carbocycles. The lowest BCUT2D eigenvalue weighted by atomic mass is 10.2. The molecule has 138 valence electrons. The van der Waals surface area contributed by atoms with Gasteiger partial charge in [0.15, 0.2) is 5.11 Å². The van der Waals surface area contributed by atoms with Gasteiger partial charge >= 0.3 is 0 Å². The van der Waals surface area contributed by atoms with Gasteiger partial charge in [0, 0.05) is 10.2 Å². The van der Waals surface area contributed by atoms with E-state index in [2.05, 4.69) is 26.6 Å². The highest BCUT2D eigenvalue weighted by molar-refractivity contribution is 9.10. The summed E-state index contributed by atoms with van der Waals surface area (Å²) in [6.45, 7) is 4.62. The number of halogens is 1. The van der Waals surface area contributed by atoms with Crippen LogP contribution >= 0.6 is 28.1 Å². The first-order valence-electron chi connectivity index (χ1n) is 8.07. The van der Waals surface area contributed by atoms with Crippen molar-refractivity contribution >= 4 is 44.9 Å². The summed E-state index contributed by atoms with van der Waals surface area (Å²) in [6, 6.07) is 12.5. The van der Waals surface area contributed by atoms with Crippen molar-refractivity contribution in [3.63, 3.8) is 0 Å². The van der Waals surface area contributed by atoms with Crippen LogP contribution in [0.1, 0.15) is 24.2 Å². The molecule has 0 aliphatic heterocycles. The van der Waals surface area contributed by atoms with Crippen LogP contribution in [0.15, 0.2) is 46.9 Å². The van der Waals surface area contributed by atoms with Crippen molar-refractivity contribution in [2.75, 3.05) is 19.0 Å². The Morgan fingerprint density at radius 3 is 2.50 bits per heavy atom. The van der Waals surface area contributed by atoms with Crippen LogP contribution in [-0.4, -0.2) is 24.7 Å². The van der Waals surface area contributed by atoms with Gasteiger partial charge in [-0.2, -0.15) is 0 Å². The number of methoxy groups -OCH3 is 1. The van der Waals surface area contributed by atoms with Crippen molar-refractivity contribution in [1.29, 1.82) is 0 Å². The molecule has 0 spiro atoms. The van der Waals surface area contributed by atoms with Gasteiger partial charge in [-0.1, -0.05) is 29.8 Å². The number of ether oxygens (including phenoxy) is 2. The summed E-state index contributed by atoms with van der Waals surface area (Å²) in [5, 5.41) is 5.85. The highest BCUT2D eigenvalue weighted by atomic mass is 79.9. The first-order chi connectivity index (χ1) is 12.4. The Hall–Kier alpha value is -2.12. The van der Waals surface area contributed by atoms with E-state index in [4.69, 9.17) is 21.7 Å². The minimum Gasteiger partial charge on any atom is -0.497 e. The Morgan fingerprint density at radius 2 is 1.88 bits per heavy atom. The lowest BCUT2D eigenvalue weighted by molar-refractivity contribution is 0.0973. The van der Waals surface area contributed by atoms with E-state index in [0.717, 1.165) is 15.9 Å². The Bertz CT molecular complexity index is 779. The van der Waals surface area contributed by atoms with Crippen molar-refractivity contribution in [2.24, 2.45) is 5.92 Å². The number of rotatable bonds is 6. The molecule has 0 aliphatic rings. The minimum atomic E-state index is -0.337. The first kappa shape index (κ1) is 20.2.